The number of benzene rings is 1. The van der Waals surface area contributed by atoms with E-state index in [1.807, 2.05) is 18.2 Å². The van der Waals surface area contributed by atoms with Crippen molar-refractivity contribution >= 4 is 34.0 Å². The number of nitrogens with one attached hydrogen (secondary N) is 1. The van der Waals surface area contributed by atoms with Crippen molar-refractivity contribution in [3.05, 3.63) is 21.8 Å². The predicted octanol–water partition coefficient (Wildman–Crippen LogP) is 2.84. The quantitative estimate of drug-likeness (QED) is 0.573. The molecule has 0 fully saturated rings. The van der Waals surface area contributed by atoms with E-state index >= 15 is 0 Å². The largest absolute Gasteiger partial charge is 0.399 e. The lowest BCUT2D eigenvalue weighted by atomic mass is 9.93. The minimum Gasteiger partial charge on any atom is -0.399 e. The molecule has 0 aromatic heterocycles. The van der Waals surface area contributed by atoms with Crippen molar-refractivity contribution in [2.45, 2.75) is 32.2 Å². The van der Waals surface area contributed by atoms with E-state index in [9.17, 15) is 5.11 Å². The van der Waals surface area contributed by atoms with Gasteiger partial charge in [0.25, 0.3) is 0 Å². The van der Waals surface area contributed by atoms with Gasteiger partial charge < -0.3 is 16.2 Å². The summed E-state index contributed by atoms with van der Waals surface area (Å²) in [6.45, 7) is 4.30. The highest BCUT2D eigenvalue weighted by Crippen LogP contribution is 2.27. The lowest BCUT2D eigenvalue weighted by Gasteiger charge is -2.32. The summed E-state index contributed by atoms with van der Waals surface area (Å²) < 4.78 is 1.08. The maximum atomic E-state index is 9.49. The molecule has 1 rings (SSSR count). The molecule has 0 unspecified atom stereocenters. The summed E-state index contributed by atoms with van der Waals surface area (Å²) in [6.07, 6.45) is 1.78. The molecule has 0 spiro atoms. The smallest absolute Gasteiger partial charge is 0.0661 e. The summed E-state index contributed by atoms with van der Waals surface area (Å²) in [5.74, 6) is 0. The van der Waals surface area contributed by atoms with Crippen molar-refractivity contribution in [3.8, 4) is 0 Å². The fourth-order valence-corrected chi connectivity index (χ4v) is 2.28. The van der Waals surface area contributed by atoms with Gasteiger partial charge in [-0.1, -0.05) is 13.8 Å². The van der Waals surface area contributed by atoms with Gasteiger partial charge in [0.05, 0.1) is 12.1 Å². The Morgan fingerprint density at radius 2 is 2.00 bits per heavy atom. The maximum Gasteiger partial charge on any atom is 0.0661 e. The van der Waals surface area contributed by atoms with Gasteiger partial charge in [-0.2, -0.15) is 0 Å². The fourth-order valence-electron chi connectivity index (χ4n) is 1.61. The number of anilines is 2. The highest BCUT2D eigenvalue weighted by Gasteiger charge is 2.25. The van der Waals surface area contributed by atoms with Gasteiger partial charge in [0.1, 0.15) is 0 Å². The number of aliphatic hydroxyl groups is 1. The van der Waals surface area contributed by atoms with Crippen LogP contribution in [-0.4, -0.2) is 17.3 Å². The molecule has 90 valence electrons. The molecule has 0 heterocycles. The first kappa shape index (κ1) is 13.6. The first-order valence-corrected chi connectivity index (χ1v) is 6.59. The first-order chi connectivity index (χ1) is 7.56. The molecule has 0 bridgehead atoms. The molecule has 0 aliphatic heterocycles. The van der Waals surface area contributed by atoms with Crippen molar-refractivity contribution in [1.29, 1.82) is 0 Å². The molecular formula is C12H19IN2O. The van der Waals surface area contributed by atoms with E-state index in [-0.39, 0.29) is 12.1 Å². The fraction of sp³-hybridized carbons (Fsp3) is 0.500. The number of nitrogens with two attached hydrogens (primary N) is 1. The van der Waals surface area contributed by atoms with Gasteiger partial charge in [-0.05, 0) is 53.6 Å². The summed E-state index contributed by atoms with van der Waals surface area (Å²) in [4.78, 5) is 0. The van der Waals surface area contributed by atoms with Crippen molar-refractivity contribution in [1.82, 2.24) is 0 Å². The molecule has 0 aliphatic rings. The molecule has 1 aromatic rings. The summed E-state index contributed by atoms with van der Waals surface area (Å²) in [5, 5.41) is 12.9. The van der Waals surface area contributed by atoms with E-state index in [2.05, 4.69) is 41.8 Å². The van der Waals surface area contributed by atoms with Gasteiger partial charge in [0.2, 0.25) is 0 Å². The molecule has 0 aliphatic carbocycles. The van der Waals surface area contributed by atoms with Gasteiger partial charge in [-0.3, -0.25) is 0 Å². The standard InChI is InChI=1S/C12H19IN2O/c1-3-12(4-2,8-16)15-11-6-5-9(14)7-10(11)13/h5-7,15-16H,3-4,8,14H2,1-2H3. The normalized spacial score (nSPS) is 11.5. The Kier molecular flexibility index (Phi) is 4.86. The summed E-state index contributed by atoms with van der Waals surface area (Å²) >= 11 is 2.25. The lowest BCUT2D eigenvalue weighted by Crippen LogP contribution is -2.41. The Hall–Kier alpha value is -0.490. The van der Waals surface area contributed by atoms with Gasteiger partial charge >= 0.3 is 0 Å². The zero-order valence-corrected chi connectivity index (χ0v) is 11.9. The van der Waals surface area contributed by atoms with Crippen molar-refractivity contribution in [3.63, 3.8) is 0 Å². The zero-order valence-electron chi connectivity index (χ0n) is 9.76. The summed E-state index contributed by atoms with van der Waals surface area (Å²) in [5.41, 5.74) is 7.28. The predicted molar refractivity (Wildman–Crippen MR) is 77.6 cm³/mol. The Balaban J connectivity index is 2.93. The van der Waals surface area contributed by atoms with Gasteiger partial charge in [0.15, 0.2) is 0 Å². The topological polar surface area (TPSA) is 58.3 Å². The minimum atomic E-state index is -0.226. The number of rotatable bonds is 5. The Morgan fingerprint density at radius 3 is 2.44 bits per heavy atom. The van der Waals surface area contributed by atoms with Crippen LogP contribution in [0.5, 0.6) is 0 Å². The van der Waals surface area contributed by atoms with Gasteiger partial charge in [-0.25, -0.2) is 0 Å². The molecule has 1 aromatic carbocycles. The van der Waals surface area contributed by atoms with Crippen molar-refractivity contribution < 1.29 is 5.11 Å². The van der Waals surface area contributed by atoms with Crippen LogP contribution < -0.4 is 11.1 Å². The zero-order chi connectivity index (χ0) is 12.2. The van der Waals surface area contributed by atoms with Gasteiger partial charge in [-0.15, -0.1) is 0 Å². The van der Waals surface area contributed by atoms with Crippen LogP contribution in [0.15, 0.2) is 18.2 Å². The molecule has 0 atom stereocenters. The summed E-state index contributed by atoms with van der Waals surface area (Å²) in [7, 11) is 0. The Bertz CT molecular complexity index is 343. The van der Waals surface area contributed by atoms with Crippen LogP contribution in [0.2, 0.25) is 0 Å². The highest BCUT2D eigenvalue weighted by atomic mass is 127. The molecule has 3 nitrogen and oxygen atoms in total. The number of aliphatic hydroxyl groups excluding tert-OH is 1. The van der Waals surface area contributed by atoms with Crippen LogP contribution in [0.25, 0.3) is 0 Å². The van der Waals surface area contributed by atoms with Crippen LogP contribution in [0.3, 0.4) is 0 Å². The molecule has 0 saturated heterocycles. The minimum absolute atomic E-state index is 0.139. The highest BCUT2D eigenvalue weighted by molar-refractivity contribution is 14.1. The van der Waals surface area contributed by atoms with E-state index in [1.165, 1.54) is 0 Å². The van der Waals surface area contributed by atoms with Gasteiger partial charge in [0, 0.05) is 14.9 Å². The third-order valence-corrected chi connectivity index (χ3v) is 3.94. The van der Waals surface area contributed by atoms with Crippen LogP contribution >= 0.6 is 22.6 Å². The monoisotopic (exact) mass is 334 g/mol. The molecular weight excluding hydrogens is 315 g/mol. The van der Waals surface area contributed by atoms with E-state index in [1.54, 1.807) is 0 Å². The first-order valence-electron chi connectivity index (χ1n) is 5.51. The van der Waals surface area contributed by atoms with Crippen molar-refractivity contribution in [2.24, 2.45) is 0 Å². The third-order valence-electron chi connectivity index (χ3n) is 3.05. The van der Waals surface area contributed by atoms with E-state index in [4.69, 9.17) is 5.73 Å². The van der Waals surface area contributed by atoms with Crippen LogP contribution in [0.4, 0.5) is 11.4 Å². The second-order valence-electron chi connectivity index (χ2n) is 4.01. The molecule has 16 heavy (non-hydrogen) atoms. The molecule has 0 amide bonds. The number of halogens is 1. The molecule has 0 radical (unpaired) electrons. The maximum absolute atomic E-state index is 9.49. The number of hydrogen-bond acceptors (Lipinski definition) is 3. The SMILES string of the molecule is CCC(CC)(CO)Nc1ccc(N)cc1I. The van der Waals surface area contributed by atoms with E-state index in [0.29, 0.717) is 0 Å². The number of nitrogen functional groups attached to an aromatic ring is 1. The molecule has 0 saturated carbocycles. The van der Waals surface area contributed by atoms with Crippen molar-refractivity contribution in [2.75, 3.05) is 17.7 Å². The Labute approximate surface area is 111 Å². The van der Waals surface area contributed by atoms with Crippen LogP contribution in [0.1, 0.15) is 26.7 Å². The molecule has 4 N–H and O–H groups in total. The van der Waals surface area contributed by atoms with Crippen LogP contribution in [-0.2, 0) is 0 Å². The Morgan fingerprint density at radius 1 is 1.38 bits per heavy atom. The van der Waals surface area contributed by atoms with Crippen LogP contribution in [0, 0.1) is 3.57 Å². The second-order valence-corrected chi connectivity index (χ2v) is 5.17. The average molecular weight is 334 g/mol. The van der Waals surface area contributed by atoms with E-state index < -0.39 is 0 Å². The average Bonchev–Trinajstić information content (AvgIpc) is 2.29. The van der Waals surface area contributed by atoms with E-state index in [0.717, 1.165) is 27.8 Å². The lowest BCUT2D eigenvalue weighted by molar-refractivity contribution is 0.202. The molecule has 4 heteroatoms. The number of hydrogen-bond donors (Lipinski definition) is 3. The third kappa shape index (κ3) is 3.01. The second kappa shape index (κ2) is 5.72. The summed E-state index contributed by atoms with van der Waals surface area (Å²) in [6, 6.07) is 5.77.